The molecule has 496 valence electrons. The van der Waals surface area contributed by atoms with Gasteiger partial charge in [0.25, 0.3) is 0 Å². The lowest BCUT2D eigenvalue weighted by Gasteiger charge is -2.34. The van der Waals surface area contributed by atoms with Crippen molar-refractivity contribution in [3.05, 3.63) is 0 Å². The second-order valence-electron chi connectivity index (χ2n) is 23.2. The molecule has 0 aromatic heterocycles. The monoisotopic (exact) mass is 1250 g/mol. The van der Waals surface area contributed by atoms with E-state index in [2.05, 4.69) is 39.8 Å². The third-order valence-electron chi connectivity index (χ3n) is 15.8. The van der Waals surface area contributed by atoms with Gasteiger partial charge < -0.3 is 97.1 Å². The number of amides is 8. The molecule has 32 heteroatoms. The van der Waals surface area contributed by atoms with Crippen LogP contribution < -0.4 is 32.3 Å². The van der Waals surface area contributed by atoms with Crippen molar-refractivity contribution in [2.75, 3.05) is 60.1 Å². The number of hydrogen-bond acceptors (Lipinski definition) is 19. The van der Waals surface area contributed by atoms with Gasteiger partial charge in [0, 0.05) is 46.9 Å². The number of aliphatic imine (C=N–C) groups is 2. The number of nitrogens with one attached hydrogen (secondary N) is 5. The van der Waals surface area contributed by atoms with Crippen LogP contribution in [0.2, 0.25) is 0 Å². The van der Waals surface area contributed by atoms with Crippen molar-refractivity contribution in [2.24, 2.45) is 21.6 Å². The number of aliphatic carboxylic acids is 2. The number of carboxylic acid groups (broad SMARTS) is 2. The summed E-state index contributed by atoms with van der Waals surface area (Å²) in [4.78, 5) is 166. The van der Waals surface area contributed by atoms with Crippen LogP contribution >= 0.6 is 0 Å². The smallest absolute Gasteiger partial charge is 0.335 e. The number of rotatable bonds is 24. The number of carbonyl (C=O) groups excluding carboxylic acids is 9. The summed E-state index contributed by atoms with van der Waals surface area (Å²) >= 11 is 0. The Kier molecular flexibility index (Phi) is 30.3. The van der Waals surface area contributed by atoms with E-state index >= 15 is 0 Å². The highest BCUT2D eigenvalue weighted by Crippen LogP contribution is 2.27. The maximum atomic E-state index is 14.6. The Hall–Kier alpha value is -7.13. The first kappa shape index (κ1) is 73.3. The van der Waals surface area contributed by atoms with Crippen molar-refractivity contribution in [1.82, 2.24) is 46.2 Å². The van der Waals surface area contributed by atoms with E-state index in [1.165, 1.54) is 25.3 Å². The number of likely N-dealkylation sites (N-methyl/N-ethyl adjacent to an activating group) is 1. The van der Waals surface area contributed by atoms with Crippen LogP contribution in [-0.2, 0) is 62.2 Å². The first-order chi connectivity index (χ1) is 41.7. The number of nitrogens with two attached hydrogens (primary N) is 1. The Morgan fingerprint density at radius 1 is 0.693 bits per heavy atom. The maximum Gasteiger partial charge on any atom is 0.335 e. The Balaban J connectivity index is 1.77. The molecule has 4 fully saturated rings. The molecule has 4 aliphatic heterocycles. The van der Waals surface area contributed by atoms with Gasteiger partial charge in [-0.15, -0.1) is 0 Å². The molecule has 4 heterocycles. The number of unbranched alkanes of at least 4 members (excludes halogenated alkanes) is 6. The number of methoxy groups -OCH3 is 1. The van der Waals surface area contributed by atoms with Crippen LogP contribution in [0, 0.1) is 5.92 Å². The molecule has 13 atom stereocenters. The molecule has 0 spiro atoms. The van der Waals surface area contributed by atoms with Crippen molar-refractivity contribution in [3.8, 4) is 0 Å². The summed E-state index contributed by atoms with van der Waals surface area (Å²) in [6.07, 6.45) is -3.08. The highest BCUT2D eigenvalue weighted by Gasteiger charge is 2.49. The lowest BCUT2D eigenvalue weighted by atomic mass is 10.0. The van der Waals surface area contributed by atoms with Gasteiger partial charge in [0.15, 0.2) is 18.2 Å². The second kappa shape index (κ2) is 36.4. The summed E-state index contributed by atoms with van der Waals surface area (Å²) < 4.78 is 10.7. The molecule has 0 unspecified atom stereocenters. The fraction of sp³-hybridized carbons (Fsp3) is 0.768. The van der Waals surface area contributed by atoms with Gasteiger partial charge in [0.1, 0.15) is 48.4 Å². The van der Waals surface area contributed by atoms with E-state index in [9.17, 15) is 88.5 Å². The molecule has 32 nitrogen and oxygen atoms in total. The number of fused-ring (bicyclic) bond motifs is 3. The fourth-order valence-corrected chi connectivity index (χ4v) is 10.9. The Bertz CT molecular complexity index is 2470. The van der Waals surface area contributed by atoms with Gasteiger partial charge in [-0.05, 0) is 70.6 Å². The predicted octanol–water partition coefficient (Wildman–Crippen LogP) is -4.20. The minimum atomic E-state index is -2.78. The zero-order valence-electron chi connectivity index (χ0n) is 50.8. The maximum absolute atomic E-state index is 14.6. The van der Waals surface area contributed by atoms with E-state index in [-0.39, 0.29) is 77.0 Å². The van der Waals surface area contributed by atoms with E-state index in [1.807, 2.05) is 10.6 Å². The predicted molar refractivity (Wildman–Crippen MR) is 311 cm³/mol. The minimum absolute atomic E-state index is 0.000581. The number of hydrogen-bond donors (Lipinski definition) is 13. The molecule has 0 radical (unpaired) electrons. The van der Waals surface area contributed by atoms with Crippen molar-refractivity contribution in [3.63, 3.8) is 0 Å². The number of carbonyl (C=O) groups is 11. The zero-order chi connectivity index (χ0) is 65.4. The number of aliphatic hydroxyl groups is 5. The van der Waals surface area contributed by atoms with Crippen LogP contribution in [0.5, 0.6) is 0 Å². The van der Waals surface area contributed by atoms with Gasteiger partial charge in [-0.25, -0.2) is 19.4 Å². The van der Waals surface area contributed by atoms with E-state index in [1.54, 1.807) is 11.9 Å². The largest absolute Gasteiger partial charge is 0.479 e. The zero-order valence-corrected chi connectivity index (χ0v) is 50.8. The van der Waals surface area contributed by atoms with Crippen molar-refractivity contribution >= 4 is 77.5 Å². The number of guanidine groups is 1. The molecular weight excluding hydrogens is 1160 g/mol. The van der Waals surface area contributed by atoms with Gasteiger partial charge in [0.2, 0.25) is 53.2 Å². The van der Waals surface area contributed by atoms with Crippen molar-refractivity contribution < 1.29 is 98.0 Å². The molecule has 0 aromatic rings. The van der Waals surface area contributed by atoms with Crippen LogP contribution in [0.4, 0.5) is 0 Å². The summed E-state index contributed by atoms with van der Waals surface area (Å²) in [5.74, 6) is -14.4. The summed E-state index contributed by atoms with van der Waals surface area (Å²) in [6.45, 7) is 4.40. The third kappa shape index (κ3) is 21.9. The molecule has 8 amide bonds. The molecule has 0 bridgehead atoms. The van der Waals surface area contributed by atoms with Crippen LogP contribution in [0.25, 0.3) is 0 Å². The third-order valence-corrected chi connectivity index (χ3v) is 15.8. The van der Waals surface area contributed by atoms with E-state index < -0.39 is 164 Å². The lowest BCUT2D eigenvalue weighted by Crippen LogP contribution is -2.64. The van der Waals surface area contributed by atoms with Crippen molar-refractivity contribution in [2.45, 2.75) is 209 Å². The average molecular weight is 1250 g/mol. The summed E-state index contributed by atoms with van der Waals surface area (Å²) in [6, 6.07) is -15.1. The van der Waals surface area contributed by atoms with E-state index in [0.29, 0.717) is 36.8 Å². The number of aliphatic hydroxyl groups excluding tert-OH is 5. The lowest BCUT2D eigenvalue weighted by molar-refractivity contribution is -0.165. The van der Waals surface area contributed by atoms with Crippen LogP contribution in [-0.4, -0.2) is 272 Å². The van der Waals surface area contributed by atoms with E-state index in [0.717, 1.165) is 43.4 Å². The topological polar surface area (TPSA) is 472 Å². The normalized spacial score (nSPS) is 27.3. The standard InChI is InChI=1S/C56H92N12O20/c1-31(2)16-11-9-7-6-8-10-12-17-33-28-39(72)62-40(32(3)70)52(81)67-24-15-20-37(67)51(80)66-23-14-19-36(66)47(76)60-34(18-13-22-58-56(57)59-30-65(4)26-27-87-5)46(75)63-41(44(73)53(82)83)48(77)61-35(29-69)50(79)68-25-21-38(71)43(68)49(78)64-42(55(86)88-33)45(74)54(84)85/h30-38,40-45,69-71,73-74H,6-29H2,1-5H3,(H2,57,58)(H,60,76)(H,61,77)(H,62,72)(H,63,75)(H,64,78)(H,82,83)(H,84,85)/b59-30+/t32-,33-,34+,35-,36+,37-,38+,40-,41-,42+,43+,44-,45+/m1/s1. The summed E-state index contributed by atoms with van der Waals surface area (Å²) in [7, 11) is 3.23. The molecule has 0 saturated carbocycles. The Morgan fingerprint density at radius 2 is 1.28 bits per heavy atom. The van der Waals surface area contributed by atoms with Crippen LogP contribution in [0.15, 0.2) is 9.98 Å². The highest BCUT2D eigenvalue weighted by atomic mass is 16.5. The molecule has 4 rings (SSSR count). The molecular formula is C56H92N12O20. The SMILES string of the molecule is COCCN(C)/C=N/C(N)=NCCC[C@@H]1NC(=O)[C@@H]2CCCN2C(=O)[C@H]2CCCN2C(=O)[C@@H]([C@@H](C)O)NC(=O)C[C@@H](CCCCCCCCCC(C)C)OC(=O)[C@H]([C@H](O)C(=O)O)NC(=O)[C@@H]2[C@@H](O)CCN2C(=O)[C@@H](CO)NC(=O)[C@@H]([C@@H](O)C(=O)O)NC1=O. The van der Waals surface area contributed by atoms with Crippen molar-refractivity contribution in [1.29, 1.82) is 0 Å². The second-order valence-corrected chi connectivity index (χ2v) is 23.2. The molecule has 88 heavy (non-hydrogen) atoms. The number of nitrogens with zero attached hydrogens (tertiary/aromatic N) is 6. The number of ether oxygens (including phenoxy) is 2. The molecule has 0 aromatic carbocycles. The van der Waals surface area contributed by atoms with Gasteiger partial charge in [-0.1, -0.05) is 58.8 Å². The Labute approximate surface area is 510 Å². The van der Waals surface area contributed by atoms with E-state index in [4.69, 9.17) is 15.2 Å². The molecule has 4 aliphatic rings. The van der Waals surface area contributed by atoms with Gasteiger partial charge in [-0.2, -0.15) is 0 Å². The molecule has 4 saturated heterocycles. The minimum Gasteiger partial charge on any atom is -0.479 e. The first-order valence-electron chi connectivity index (χ1n) is 30.2. The summed E-state index contributed by atoms with van der Waals surface area (Å²) in [5, 5.41) is 85.5. The number of carboxylic acids is 2. The van der Waals surface area contributed by atoms with Gasteiger partial charge in [0.05, 0.1) is 38.2 Å². The highest BCUT2D eigenvalue weighted by molar-refractivity contribution is 6.00. The van der Waals surface area contributed by atoms with Gasteiger partial charge in [-0.3, -0.25) is 43.3 Å². The fourth-order valence-electron chi connectivity index (χ4n) is 10.9. The average Bonchev–Trinajstić information content (AvgIpc) is 1.87. The van der Waals surface area contributed by atoms with Crippen LogP contribution in [0.1, 0.15) is 130 Å². The first-order valence-corrected chi connectivity index (χ1v) is 30.2. The quantitative estimate of drug-likeness (QED) is 0.0189. The summed E-state index contributed by atoms with van der Waals surface area (Å²) in [5.41, 5.74) is 5.98. The molecule has 14 N–H and O–H groups in total. The number of esters is 1. The van der Waals surface area contributed by atoms with Gasteiger partial charge >= 0.3 is 17.9 Å². The Morgan fingerprint density at radius 3 is 1.90 bits per heavy atom. The number of cyclic esters (lactones) is 1. The van der Waals surface area contributed by atoms with Crippen LogP contribution in [0.3, 0.4) is 0 Å². The molecule has 0 aliphatic carbocycles.